The van der Waals surface area contributed by atoms with Crippen LogP contribution >= 0.6 is 0 Å². The van der Waals surface area contributed by atoms with E-state index in [2.05, 4.69) is 15.4 Å². The van der Waals surface area contributed by atoms with E-state index in [1.54, 1.807) is 29.0 Å². The molecule has 0 aliphatic carbocycles. The summed E-state index contributed by atoms with van der Waals surface area (Å²) in [5.74, 6) is -0.209. The molecule has 0 aromatic carbocycles. The second kappa shape index (κ2) is 7.43. The first-order chi connectivity index (χ1) is 12.1. The number of aromatic nitrogens is 4. The molecule has 132 valence electrons. The molecule has 3 aromatic rings. The number of carbonyl (C=O) groups is 1. The van der Waals surface area contributed by atoms with Crippen molar-refractivity contribution in [2.45, 2.75) is 32.9 Å². The first-order valence-corrected chi connectivity index (χ1v) is 8.26. The lowest BCUT2D eigenvalue weighted by atomic mass is 10.3. The Morgan fingerprint density at radius 1 is 1.36 bits per heavy atom. The maximum Gasteiger partial charge on any atom is 0.262 e. The van der Waals surface area contributed by atoms with Gasteiger partial charge in [-0.05, 0) is 26.3 Å². The van der Waals surface area contributed by atoms with Gasteiger partial charge in [-0.3, -0.25) is 9.59 Å². The summed E-state index contributed by atoms with van der Waals surface area (Å²) in [6, 6.07) is 3.53. The van der Waals surface area contributed by atoms with E-state index < -0.39 is 0 Å². The average molecular weight is 343 g/mol. The highest BCUT2D eigenvalue weighted by Crippen LogP contribution is 2.10. The third-order valence-electron chi connectivity index (χ3n) is 3.76. The lowest BCUT2D eigenvalue weighted by Crippen LogP contribution is -2.33. The van der Waals surface area contributed by atoms with Gasteiger partial charge in [-0.15, -0.1) is 0 Å². The molecule has 8 heteroatoms. The van der Waals surface area contributed by atoms with Crippen molar-refractivity contribution in [1.82, 2.24) is 24.5 Å². The highest BCUT2D eigenvalue weighted by Gasteiger charge is 2.10. The molecule has 1 N–H and O–H groups in total. The Hall–Kier alpha value is -2.74. The molecule has 0 saturated heterocycles. The molecule has 0 aliphatic rings. The van der Waals surface area contributed by atoms with E-state index in [-0.39, 0.29) is 24.1 Å². The van der Waals surface area contributed by atoms with Gasteiger partial charge in [-0.25, -0.2) is 9.50 Å². The summed E-state index contributed by atoms with van der Waals surface area (Å²) < 4.78 is 8.40. The van der Waals surface area contributed by atoms with E-state index in [9.17, 15) is 9.59 Å². The van der Waals surface area contributed by atoms with Crippen LogP contribution in [-0.2, 0) is 16.1 Å². The third-order valence-corrected chi connectivity index (χ3v) is 3.76. The van der Waals surface area contributed by atoms with Gasteiger partial charge in [0.1, 0.15) is 6.54 Å². The van der Waals surface area contributed by atoms with Crippen LogP contribution in [0.2, 0.25) is 0 Å². The van der Waals surface area contributed by atoms with Crippen LogP contribution in [0.25, 0.3) is 16.6 Å². The number of rotatable bonds is 7. The molecule has 1 amide bonds. The van der Waals surface area contributed by atoms with E-state index in [0.717, 1.165) is 6.42 Å². The van der Waals surface area contributed by atoms with Crippen LogP contribution in [0.3, 0.4) is 0 Å². The van der Waals surface area contributed by atoms with Crippen LogP contribution in [0, 0.1) is 0 Å². The first-order valence-electron chi connectivity index (χ1n) is 8.26. The monoisotopic (exact) mass is 343 g/mol. The third kappa shape index (κ3) is 3.85. The summed E-state index contributed by atoms with van der Waals surface area (Å²) in [6.07, 6.45) is 5.67. The number of hydrogen-bond acceptors (Lipinski definition) is 5. The van der Waals surface area contributed by atoms with Crippen molar-refractivity contribution in [2.24, 2.45) is 0 Å². The molecule has 0 spiro atoms. The van der Waals surface area contributed by atoms with Crippen molar-refractivity contribution in [2.75, 3.05) is 13.2 Å². The predicted molar refractivity (Wildman–Crippen MR) is 93.5 cm³/mol. The molecule has 0 saturated carbocycles. The number of amides is 1. The number of fused-ring (bicyclic) bond motifs is 3. The molecule has 0 aliphatic heterocycles. The number of nitrogens with zero attached hydrogens (tertiary/aromatic N) is 4. The molecule has 0 radical (unpaired) electrons. The number of ether oxygens (including phenoxy) is 1. The largest absolute Gasteiger partial charge is 0.379 e. The van der Waals surface area contributed by atoms with Crippen molar-refractivity contribution in [3.05, 3.63) is 41.1 Å². The number of pyridine rings is 1. The van der Waals surface area contributed by atoms with Crippen LogP contribution in [0.15, 0.2) is 35.5 Å². The van der Waals surface area contributed by atoms with Gasteiger partial charge < -0.3 is 14.6 Å². The normalized spacial score (nSPS) is 11.5. The van der Waals surface area contributed by atoms with Crippen LogP contribution in [0.1, 0.15) is 20.3 Å². The molecular formula is C17H21N5O3. The average Bonchev–Trinajstić information content (AvgIpc) is 3.05. The van der Waals surface area contributed by atoms with Crippen molar-refractivity contribution in [1.29, 1.82) is 0 Å². The van der Waals surface area contributed by atoms with Crippen LogP contribution in [0.5, 0.6) is 0 Å². The molecule has 0 bridgehead atoms. The molecular weight excluding hydrogens is 322 g/mol. The zero-order chi connectivity index (χ0) is 17.8. The Kier molecular flexibility index (Phi) is 5.08. The van der Waals surface area contributed by atoms with Gasteiger partial charge in [-0.1, -0.05) is 0 Å². The van der Waals surface area contributed by atoms with Gasteiger partial charge >= 0.3 is 0 Å². The summed E-state index contributed by atoms with van der Waals surface area (Å²) >= 11 is 0. The van der Waals surface area contributed by atoms with Crippen LogP contribution in [0.4, 0.5) is 0 Å². The highest BCUT2D eigenvalue weighted by atomic mass is 16.5. The Labute approximate surface area is 144 Å². The van der Waals surface area contributed by atoms with Gasteiger partial charge in [-0.2, -0.15) is 5.10 Å². The first kappa shape index (κ1) is 17.1. The lowest BCUT2D eigenvalue weighted by molar-refractivity contribution is -0.121. The van der Waals surface area contributed by atoms with Crippen LogP contribution in [-0.4, -0.2) is 44.3 Å². The SMILES string of the molecule is CC(C)OCCCNC(=O)Cn1ccc2c(cnc3ccnn32)c1=O. The topological polar surface area (TPSA) is 90.5 Å². The maximum atomic E-state index is 12.6. The molecule has 3 aromatic heterocycles. The highest BCUT2D eigenvalue weighted by molar-refractivity contribution is 5.80. The number of carbonyl (C=O) groups excluding carboxylic acids is 1. The minimum atomic E-state index is -0.263. The fraction of sp³-hybridized carbons (Fsp3) is 0.412. The molecule has 0 atom stereocenters. The van der Waals surface area contributed by atoms with Crippen molar-refractivity contribution in [3.63, 3.8) is 0 Å². The molecule has 25 heavy (non-hydrogen) atoms. The summed E-state index contributed by atoms with van der Waals surface area (Å²) in [5, 5.41) is 7.39. The van der Waals surface area contributed by atoms with Crippen molar-refractivity contribution >= 4 is 22.5 Å². The van der Waals surface area contributed by atoms with Gasteiger partial charge in [0.2, 0.25) is 5.91 Å². The van der Waals surface area contributed by atoms with Gasteiger partial charge in [0.15, 0.2) is 5.65 Å². The minimum absolute atomic E-state index is 0.0308. The second-order valence-corrected chi connectivity index (χ2v) is 6.03. The number of hydrogen-bond donors (Lipinski definition) is 1. The zero-order valence-electron chi connectivity index (χ0n) is 14.3. The standard InChI is InChI=1S/C17H21N5O3/c1-12(2)25-9-3-6-18-16(23)11-21-8-5-14-13(17(21)24)10-19-15-4-7-20-22(14)15/h4-5,7-8,10,12H,3,6,9,11H2,1-2H3,(H,18,23). The van der Waals surface area contributed by atoms with Crippen molar-refractivity contribution < 1.29 is 9.53 Å². The lowest BCUT2D eigenvalue weighted by Gasteiger charge is -2.10. The number of nitrogens with one attached hydrogen (secondary N) is 1. The Balaban J connectivity index is 1.67. The van der Waals surface area contributed by atoms with Gasteiger partial charge in [0, 0.05) is 31.6 Å². The minimum Gasteiger partial charge on any atom is -0.379 e. The molecule has 0 fully saturated rings. The Morgan fingerprint density at radius 3 is 3.00 bits per heavy atom. The summed E-state index contributed by atoms with van der Waals surface area (Å²) in [6.45, 7) is 5.02. The molecule has 3 rings (SSSR count). The molecule has 8 nitrogen and oxygen atoms in total. The Bertz CT molecular complexity index is 944. The van der Waals surface area contributed by atoms with Crippen LogP contribution < -0.4 is 10.9 Å². The van der Waals surface area contributed by atoms with Gasteiger partial charge in [0.25, 0.3) is 5.56 Å². The summed E-state index contributed by atoms with van der Waals surface area (Å²) in [4.78, 5) is 28.8. The smallest absolute Gasteiger partial charge is 0.262 e. The quantitative estimate of drug-likeness (QED) is 0.646. The zero-order valence-corrected chi connectivity index (χ0v) is 14.3. The fourth-order valence-corrected chi connectivity index (χ4v) is 2.55. The molecule has 0 unspecified atom stereocenters. The van der Waals surface area contributed by atoms with E-state index in [4.69, 9.17) is 4.74 Å². The predicted octanol–water partition coefficient (Wildman–Crippen LogP) is 0.975. The van der Waals surface area contributed by atoms with E-state index in [1.165, 1.54) is 10.8 Å². The Morgan fingerprint density at radius 2 is 2.20 bits per heavy atom. The maximum absolute atomic E-state index is 12.6. The summed E-state index contributed by atoms with van der Waals surface area (Å²) in [5.41, 5.74) is 1.08. The fourth-order valence-electron chi connectivity index (χ4n) is 2.55. The van der Waals surface area contributed by atoms with E-state index in [1.807, 2.05) is 13.8 Å². The second-order valence-electron chi connectivity index (χ2n) is 6.03. The van der Waals surface area contributed by atoms with E-state index in [0.29, 0.717) is 29.7 Å². The van der Waals surface area contributed by atoms with Gasteiger partial charge in [0.05, 0.1) is 23.2 Å². The molecule has 3 heterocycles. The van der Waals surface area contributed by atoms with E-state index >= 15 is 0 Å². The summed E-state index contributed by atoms with van der Waals surface area (Å²) in [7, 11) is 0. The van der Waals surface area contributed by atoms with Crippen molar-refractivity contribution in [3.8, 4) is 0 Å².